The maximum absolute atomic E-state index is 14.1. The number of nitrogens with one attached hydrogen (secondary N) is 6. The monoisotopic (exact) mass is 2050 g/mol. The van der Waals surface area contributed by atoms with Crippen molar-refractivity contribution in [2.75, 3.05) is 31.9 Å². The van der Waals surface area contributed by atoms with Gasteiger partial charge in [0.2, 0.25) is 35.4 Å². The predicted octanol–water partition coefficient (Wildman–Crippen LogP) is 29.7. The molecule has 0 aliphatic heterocycles. The first-order chi connectivity index (χ1) is 65.1. The van der Waals surface area contributed by atoms with Gasteiger partial charge in [-0.3, -0.25) is 28.8 Å². The van der Waals surface area contributed by atoms with E-state index in [0.29, 0.717) is 93.5 Å². The van der Waals surface area contributed by atoms with Crippen LogP contribution in [0.25, 0.3) is 0 Å². The molecule has 0 saturated heterocycles. The molecule has 0 bridgehead atoms. The summed E-state index contributed by atoms with van der Waals surface area (Å²) in [5.41, 5.74) is 31.8. The SMILES string of the molecule is CCC(=O)Nc1cccc(Br)c1COc1cc(C)c(C)cc1C.CCC(=O)Nc1cccc(C)c1COc1cc(C)c(C)cc1C.CCC(=O)Nc1cccc(Cl)c1COc1cc(C)c(C)cc1C.CCC(=O)Nc1cccc(F)c1COc1cc(C)c(C)cc1C.CCC(=O)Nc1cccc(I)c1COc1cc(C)c(C)cc1C.CCC(=O)Nc1ccccc1COc1cc(C)c(C)cc1C. The van der Waals surface area contributed by atoms with E-state index in [9.17, 15) is 33.2 Å². The summed E-state index contributed by atoms with van der Waals surface area (Å²) in [6.45, 7) is 52.1. The second-order valence-corrected chi connectivity index (χ2v) is 36.6. The van der Waals surface area contributed by atoms with E-state index in [4.69, 9.17) is 40.0 Å². The Bertz CT molecular complexity index is 5510. The molecular formula is C115H136BrClFIN6O12. The van der Waals surface area contributed by atoms with E-state index in [1.54, 1.807) is 25.1 Å². The molecular weight excluding hydrogens is 1920 g/mol. The largest absolute Gasteiger partial charge is 0.489 e. The Balaban J connectivity index is 0.000000224. The van der Waals surface area contributed by atoms with E-state index in [2.05, 4.69) is 208 Å². The van der Waals surface area contributed by atoms with E-state index in [1.165, 1.54) is 67.3 Å². The Morgan fingerprint density at radius 2 is 0.504 bits per heavy atom. The number of hydrogen-bond acceptors (Lipinski definition) is 12. The highest BCUT2D eigenvalue weighted by Crippen LogP contribution is 2.36. The molecule has 0 unspecified atom stereocenters. The molecule has 12 aromatic rings. The summed E-state index contributed by atoms with van der Waals surface area (Å²) in [5.74, 6) is 4.54. The van der Waals surface area contributed by atoms with Gasteiger partial charge in [0.25, 0.3) is 0 Å². The lowest BCUT2D eigenvalue weighted by Gasteiger charge is -2.16. The van der Waals surface area contributed by atoms with Crippen LogP contribution in [0.15, 0.2) is 193 Å². The number of ether oxygens (including phenoxy) is 6. The second kappa shape index (κ2) is 55.2. The Morgan fingerprint density at radius 1 is 0.263 bits per heavy atom. The van der Waals surface area contributed by atoms with Crippen LogP contribution in [0.1, 0.15) is 219 Å². The minimum Gasteiger partial charge on any atom is -0.489 e. The summed E-state index contributed by atoms with van der Waals surface area (Å²) in [6.07, 6.45) is 2.59. The van der Waals surface area contributed by atoms with Crippen LogP contribution in [0.4, 0.5) is 38.5 Å². The maximum Gasteiger partial charge on any atom is 0.224 e. The van der Waals surface area contributed by atoms with Crippen LogP contribution < -0.4 is 60.3 Å². The Hall–Kier alpha value is -12.3. The van der Waals surface area contributed by atoms with Crippen LogP contribution in [0, 0.1) is 141 Å². The number of hydrogen-bond donors (Lipinski definition) is 6. The van der Waals surface area contributed by atoms with E-state index in [0.717, 1.165) is 138 Å². The fraction of sp³-hybridized carbons (Fsp3) is 0.322. The lowest BCUT2D eigenvalue weighted by Crippen LogP contribution is -2.13. The van der Waals surface area contributed by atoms with Crippen LogP contribution in [0.5, 0.6) is 34.5 Å². The molecule has 0 aliphatic rings. The predicted molar refractivity (Wildman–Crippen MR) is 572 cm³/mol. The van der Waals surface area contributed by atoms with Crippen molar-refractivity contribution in [2.45, 2.75) is 251 Å². The van der Waals surface area contributed by atoms with E-state index in [-0.39, 0.29) is 47.9 Å². The number of carbonyl (C=O) groups excluding carboxylic acids is 6. The van der Waals surface area contributed by atoms with Crippen molar-refractivity contribution < 1.29 is 61.6 Å². The zero-order valence-corrected chi connectivity index (χ0v) is 88.8. The molecule has 6 N–H and O–H groups in total. The average Bonchev–Trinajstić information content (AvgIpc) is 0.837. The van der Waals surface area contributed by atoms with Crippen molar-refractivity contribution in [1.29, 1.82) is 0 Å². The van der Waals surface area contributed by atoms with Gasteiger partial charge in [-0.2, -0.15) is 0 Å². The lowest BCUT2D eigenvalue weighted by atomic mass is 10.1. The number of aryl methyl sites for hydroxylation is 19. The molecule has 12 rings (SSSR count). The molecule has 726 valence electrons. The first kappa shape index (κ1) is 112. The minimum absolute atomic E-state index is 0.00768. The van der Waals surface area contributed by atoms with Crippen molar-refractivity contribution in [3.8, 4) is 34.5 Å². The molecule has 12 aromatic carbocycles. The molecule has 0 saturated carbocycles. The molecule has 0 radical (unpaired) electrons. The number of carbonyl (C=O) groups is 6. The Labute approximate surface area is 838 Å². The van der Waals surface area contributed by atoms with Gasteiger partial charge in [-0.1, -0.05) is 160 Å². The van der Waals surface area contributed by atoms with Gasteiger partial charge in [-0.25, -0.2) is 4.39 Å². The molecule has 18 nitrogen and oxygen atoms in total. The lowest BCUT2D eigenvalue weighted by molar-refractivity contribution is -0.116. The molecule has 0 aliphatic carbocycles. The van der Waals surface area contributed by atoms with Crippen LogP contribution in [0.3, 0.4) is 0 Å². The standard InChI is InChI=1S/C20H25NO2.C19H22BrNO2.C19H22ClNO2.C19H22FNO2.C19H22INO2.C19H23NO2/c1-6-20(22)21-18-9-7-8-13(2)17(18)12-23-19-11-15(4)14(3)10-16(19)5;4*1-5-19(22)21-17-8-6-7-16(20)15(17)11-23-18-10-13(3)12(2)9-14(18)4;1-5-19(21)20-17-9-7-6-8-16(17)12-22-18-11-14(3)13(2)10-15(18)4/h7-11H,6,12H2,1-5H3,(H,21,22);4*6-10H,5,11H2,1-4H3,(H,21,22);6-11H,5,12H2,1-4H3,(H,20,21). The number of para-hydroxylation sites is 1. The summed E-state index contributed by atoms with van der Waals surface area (Å²) >= 11 is 12.1. The molecule has 0 heterocycles. The first-order valence-electron chi connectivity index (χ1n) is 46.4. The highest BCUT2D eigenvalue weighted by atomic mass is 127. The molecule has 137 heavy (non-hydrogen) atoms. The second-order valence-electron chi connectivity index (χ2n) is 34.2. The van der Waals surface area contributed by atoms with Gasteiger partial charge < -0.3 is 60.3 Å². The minimum atomic E-state index is -0.389. The summed E-state index contributed by atoms with van der Waals surface area (Å²) in [4.78, 5) is 69.9. The van der Waals surface area contributed by atoms with Gasteiger partial charge in [0, 0.05) is 113 Å². The molecule has 22 heteroatoms. The van der Waals surface area contributed by atoms with Crippen LogP contribution >= 0.6 is 50.1 Å². The average molecular weight is 2060 g/mol. The van der Waals surface area contributed by atoms with Crippen molar-refractivity contribution in [3.05, 3.63) is 346 Å². The molecule has 6 amide bonds. The summed E-state index contributed by atoms with van der Waals surface area (Å²) in [7, 11) is 0. The summed E-state index contributed by atoms with van der Waals surface area (Å²) in [5, 5.41) is 17.9. The smallest absolute Gasteiger partial charge is 0.224 e. The summed E-state index contributed by atoms with van der Waals surface area (Å²) < 4.78 is 51.9. The van der Waals surface area contributed by atoms with Gasteiger partial charge in [-0.05, 0) is 357 Å². The third-order valence-corrected chi connectivity index (χ3v) is 25.6. The highest BCUT2D eigenvalue weighted by molar-refractivity contribution is 14.1. The maximum atomic E-state index is 14.1. The number of halogens is 4. The fourth-order valence-corrected chi connectivity index (χ4v) is 15.3. The number of anilines is 6. The third kappa shape index (κ3) is 34.4. The van der Waals surface area contributed by atoms with E-state index >= 15 is 0 Å². The Morgan fingerprint density at radius 3 is 0.861 bits per heavy atom. The Kier molecular flexibility index (Phi) is 45.0. The van der Waals surface area contributed by atoms with Crippen molar-refractivity contribution in [3.63, 3.8) is 0 Å². The van der Waals surface area contributed by atoms with Crippen LogP contribution in [0.2, 0.25) is 5.02 Å². The normalized spacial score (nSPS) is 10.5. The zero-order chi connectivity index (χ0) is 101. The molecule has 0 spiro atoms. The third-order valence-electron chi connectivity index (χ3n) is 23.5. The van der Waals surface area contributed by atoms with E-state index in [1.807, 2.05) is 192 Å². The van der Waals surface area contributed by atoms with Gasteiger partial charge in [0.05, 0.1) is 5.69 Å². The fourth-order valence-electron chi connectivity index (χ4n) is 13.9. The van der Waals surface area contributed by atoms with Gasteiger partial charge in [-0.15, -0.1) is 0 Å². The first-order valence-corrected chi connectivity index (χ1v) is 48.6. The van der Waals surface area contributed by atoms with Gasteiger partial charge in [0.1, 0.15) is 80.0 Å². The highest BCUT2D eigenvalue weighted by Gasteiger charge is 2.20. The molecule has 0 atom stereocenters. The number of rotatable bonds is 30. The molecule has 0 aromatic heterocycles. The zero-order valence-electron chi connectivity index (χ0n) is 84.3. The quantitative estimate of drug-likeness (QED) is 0.0231. The van der Waals surface area contributed by atoms with Crippen molar-refractivity contribution >= 4 is 120 Å². The van der Waals surface area contributed by atoms with Crippen LogP contribution in [-0.2, 0) is 68.4 Å². The van der Waals surface area contributed by atoms with Gasteiger partial charge in [0.15, 0.2) is 0 Å². The van der Waals surface area contributed by atoms with Gasteiger partial charge >= 0.3 is 0 Å². The summed E-state index contributed by atoms with van der Waals surface area (Å²) in [6, 6.07) is 60.3. The van der Waals surface area contributed by atoms with Crippen molar-refractivity contribution in [2.24, 2.45) is 0 Å². The number of amides is 6. The van der Waals surface area contributed by atoms with E-state index < -0.39 is 0 Å². The van der Waals surface area contributed by atoms with Crippen molar-refractivity contribution in [1.82, 2.24) is 0 Å². The van der Waals surface area contributed by atoms with Crippen LogP contribution in [-0.4, -0.2) is 35.4 Å². The molecule has 0 fully saturated rings. The topological polar surface area (TPSA) is 230 Å². The number of benzene rings is 12.